The lowest BCUT2D eigenvalue weighted by Crippen LogP contribution is -2.37. The summed E-state index contributed by atoms with van der Waals surface area (Å²) in [6, 6.07) is 3.74. The zero-order valence-electron chi connectivity index (χ0n) is 11.7. The number of amides is 1. The predicted octanol–water partition coefficient (Wildman–Crippen LogP) is 2.68. The highest BCUT2D eigenvalue weighted by Gasteiger charge is 2.17. The van der Waals surface area contributed by atoms with Gasteiger partial charge in [0.2, 0.25) is 0 Å². The van der Waals surface area contributed by atoms with Crippen LogP contribution in [0.1, 0.15) is 44.5 Å². The van der Waals surface area contributed by atoms with Crippen LogP contribution in [0.5, 0.6) is 0 Å². The molecule has 2 atom stereocenters. The second-order valence-electron chi connectivity index (χ2n) is 4.58. The molecule has 0 aliphatic carbocycles. The van der Waals surface area contributed by atoms with Gasteiger partial charge in [-0.1, -0.05) is 20.3 Å². The summed E-state index contributed by atoms with van der Waals surface area (Å²) in [5, 5.41) is 6.13. The highest BCUT2D eigenvalue weighted by atomic mass is 16.1. The normalized spacial score (nSPS) is 13.8. The smallest absolute Gasteiger partial charge is 0.255 e. The fourth-order valence-electron chi connectivity index (χ4n) is 1.68. The van der Waals surface area contributed by atoms with E-state index in [-0.39, 0.29) is 11.9 Å². The maximum Gasteiger partial charge on any atom is 0.255 e. The summed E-state index contributed by atoms with van der Waals surface area (Å²) in [7, 11) is 0. The maximum absolute atomic E-state index is 12.2. The molecule has 4 nitrogen and oxygen atoms in total. The number of hydrogen-bond acceptors (Lipinski definition) is 3. The van der Waals surface area contributed by atoms with Gasteiger partial charge in [0.25, 0.3) is 5.91 Å². The van der Waals surface area contributed by atoms with Crippen molar-refractivity contribution in [2.24, 2.45) is 5.92 Å². The van der Waals surface area contributed by atoms with Crippen LogP contribution in [-0.4, -0.2) is 23.5 Å². The first-order valence-electron chi connectivity index (χ1n) is 6.59. The second-order valence-corrected chi connectivity index (χ2v) is 4.58. The van der Waals surface area contributed by atoms with Crippen LogP contribution in [0.4, 0.5) is 5.82 Å². The van der Waals surface area contributed by atoms with Gasteiger partial charge in [-0.3, -0.25) is 4.79 Å². The van der Waals surface area contributed by atoms with E-state index in [9.17, 15) is 4.79 Å². The lowest BCUT2D eigenvalue weighted by molar-refractivity contribution is 0.0928. The lowest BCUT2D eigenvalue weighted by Gasteiger charge is -2.20. The maximum atomic E-state index is 12.2. The number of anilines is 1. The molecule has 2 unspecified atom stereocenters. The van der Waals surface area contributed by atoms with E-state index >= 15 is 0 Å². The van der Waals surface area contributed by atoms with Crippen molar-refractivity contribution in [2.75, 3.05) is 11.9 Å². The summed E-state index contributed by atoms with van der Waals surface area (Å²) >= 11 is 0. The van der Waals surface area contributed by atoms with E-state index in [4.69, 9.17) is 0 Å². The molecule has 0 fully saturated rings. The van der Waals surface area contributed by atoms with Gasteiger partial charge in [0, 0.05) is 18.8 Å². The zero-order valence-corrected chi connectivity index (χ0v) is 11.7. The van der Waals surface area contributed by atoms with Crippen molar-refractivity contribution in [2.45, 2.75) is 40.2 Å². The highest BCUT2D eigenvalue weighted by Crippen LogP contribution is 2.13. The molecule has 1 heterocycles. The molecular weight excluding hydrogens is 226 g/mol. The van der Waals surface area contributed by atoms with Gasteiger partial charge in [-0.05, 0) is 31.9 Å². The first kappa shape index (κ1) is 14.5. The van der Waals surface area contributed by atoms with E-state index in [1.807, 2.05) is 13.8 Å². The SMILES string of the molecule is CCNc1ncccc1C(=O)NC(C)C(C)CC. The number of carbonyl (C=O) groups excluding carboxylic acids is 1. The topological polar surface area (TPSA) is 54.0 Å². The Labute approximate surface area is 109 Å². The summed E-state index contributed by atoms with van der Waals surface area (Å²) in [5.41, 5.74) is 0.606. The second kappa shape index (κ2) is 6.99. The number of pyridine rings is 1. The monoisotopic (exact) mass is 249 g/mol. The molecule has 1 rings (SSSR count). The minimum Gasteiger partial charge on any atom is -0.370 e. The van der Waals surface area contributed by atoms with Crippen molar-refractivity contribution in [3.05, 3.63) is 23.9 Å². The third-order valence-electron chi connectivity index (χ3n) is 3.25. The number of nitrogens with zero attached hydrogens (tertiary/aromatic N) is 1. The van der Waals surface area contributed by atoms with Crippen molar-refractivity contribution in [1.29, 1.82) is 0 Å². The number of carbonyl (C=O) groups is 1. The Bertz CT molecular complexity index is 392. The van der Waals surface area contributed by atoms with Crippen LogP contribution in [0, 0.1) is 5.92 Å². The molecule has 0 radical (unpaired) electrons. The Balaban J connectivity index is 2.77. The van der Waals surface area contributed by atoms with Crippen LogP contribution in [0.15, 0.2) is 18.3 Å². The number of hydrogen-bond donors (Lipinski definition) is 2. The molecule has 1 aromatic heterocycles. The molecule has 0 aliphatic rings. The van der Waals surface area contributed by atoms with Crippen molar-refractivity contribution >= 4 is 11.7 Å². The fraction of sp³-hybridized carbons (Fsp3) is 0.571. The molecular formula is C14H23N3O. The molecule has 2 N–H and O–H groups in total. The van der Waals surface area contributed by atoms with Crippen LogP contribution < -0.4 is 10.6 Å². The van der Waals surface area contributed by atoms with E-state index in [2.05, 4.69) is 29.5 Å². The summed E-state index contributed by atoms with van der Waals surface area (Å²) in [4.78, 5) is 16.4. The Morgan fingerprint density at radius 3 is 2.72 bits per heavy atom. The summed E-state index contributed by atoms with van der Waals surface area (Å²) < 4.78 is 0. The molecule has 0 aromatic carbocycles. The summed E-state index contributed by atoms with van der Waals surface area (Å²) in [5.74, 6) is 1.05. The molecule has 4 heteroatoms. The molecule has 0 saturated carbocycles. The number of aromatic nitrogens is 1. The van der Waals surface area contributed by atoms with Crippen LogP contribution in [0.25, 0.3) is 0 Å². The molecule has 1 aromatic rings. The van der Waals surface area contributed by atoms with Gasteiger partial charge < -0.3 is 10.6 Å². The van der Waals surface area contributed by atoms with Crippen molar-refractivity contribution in [3.63, 3.8) is 0 Å². The third kappa shape index (κ3) is 3.72. The molecule has 0 bridgehead atoms. The minimum atomic E-state index is -0.0631. The molecule has 1 amide bonds. The predicted molar refractivity (Wildman–Crippen MR) is 74.8 cm³/mol. The molecule has 18 heavy (non-hydrogen) atoms. The van der Waals surface area contributed by atoms with Gasteiger partial charge in [-0.25, -0.2) is 4.98 Å². The van der Waals surface area contributed by atoms with Crippen LogP contribution in [0.3, 0.4) is 0 Å². The third-order valence-corrected chi connectivity index (χ3v) is 3.25. The van der Waals surface area contributed by atoms with Crippen molar-refractivity contribution in [1.82, 2.24) is 10.3 Å². The van der Waals surface area contributed by atoms with Crippen molar-refractivity contribution in [3.8, 4) is 0 Å². The number of nitrogens with one attached hydrogen (secondary N) is 2. The average molecular weight is 249 g/mol. The van der Waals surface area contributed by atoms with E-state index < -0.39 is 0 Å². The van der Waals surface area contributed by atoms with Crippen molar-refractivity contribution < 1.29 is 4.79 Å². The van der Waals surface area contributed by atoms with Gasteiger partial charge >= 0.3 is 0 Å². The molecule has 0 aliphatic heterocycles. The Kier molecular flexibility index (Phi) is 5.62. The standard InChI is InChI=1S/C14H23N3O/c1-5-10(3)11(4)17-14(18)12-8-7-9-16-13(12)15-6-2/h7-11H,5-6H2,1-4H3,(H,15,16)(H,17,18). The zero-order chi connectivity index (χ0) is 13.5. The van der Waals surface area contributed by atoms with Gasteiger partial charge in [-0.2, -0.15) is 0 Å². The van der Waals surface area contributed by atoms with Gasteiger partial charge in [0.1, 0.15) is 5.82 Å². The highest BCUT2D eigenvalue weighted by molar-refractivity contribution is 5.98. The van der Waals surface area contributed by atoms with E-state index in [1.165, 1.54) is 0 Å². The fourth-order valence-corrected chi connectivity index (χ4v) is 1.68. The minimum absolute atomic E-state index is 0.0631. The molecule has 100 valence electrons. The van der Waals surface area contributed by atoms with Gasteiger partial charge in [0.05, 0.1) is 5.56 Å². The number of rotatable bonds is 6. The van der Waals surface area contributed by atoms with Gasteiger partial charge in [0.15, 0.2) is 0 Å². The first-order valence-corrected chi connectivity index (χ1v) is 6.59. The Hall–Kier alpha value is -1.58. The largest absolute Gasteiger partial charge is 0.370 e. The van der Waals surface area contributed by atoms with E-state index in [0.717, 1.165) is 13.0 Å². The molecule has 0 saturated heterocycles. The first-order chi connectivity index (χ1) is 8.60. The van der Waals surface area contributed by atoms with Crippen LogP contribution in [0.2, 0.25) is 0 Å². The Morgan fingerprint density at radius 2 is 2.11 bits per heavy atom. The lowest BCUT2D eigenvalue weighted by atomic mass is 10.0. The summed E-state index contributed by atoms with van der Waals surface area (Å²) in [6.45, 7) is 9.03. The van der Waals surface area contributed by atoms with Gasteiger partial charge in [-0.15, -0.1) is 0 Å². The molecule has 0 spiro atoms. The summed E-state index contributed by atoms with van der Waals surface area (Å²) in [6.07, 6.45) is 2.74. The van der Waals surface area contributed by atoms with Crippen LogP contribution in [-0.2, 0) is 0 Å². The Morgan fingerprint density at radius 1 is 1.39 bits per heavy atom. The van der Waals surface area contributed by atoms with E-state index in [0.29, 0.717) is 17.3 Å². The average Bonchev–Trinajstić information content (AvgIpc) is 2.38. The van der Waals surface area contributed by atoms with E-state index in [1.54, 1.807) is 18.3 Å². The van der Waals surface area contributed by atoms with Crippen LogP contribution >= 0.6 is 0 Å². The quantitative estimate of drug-likeness (QED) is 0.815.